The maximum absolute atomic E-state index is 13.1. The van der Waals surface area contributed by atoms with E-state index in [1.165, 1.54) is 0 Å². The van der Waals surface area contributed by atoms with E-state index in [9.17, 15) is 19.5 Å². The smallest absolute Gasteiger partial charge is 0.321 e. The van der Waals surface area contributed by atoms with Gasteiger partial charge in [-0.2, -0.15) is 0 Å². The Labute approximate surface area is 187 Å². The molecule has 0 aromatic heterocycles. The van der Waals surface area contributed by atoms with E-state index >= 15 is 0 Å². The van der Waals surface area contributed by atoms with Crippen molar-refractivity contribution in [1.82, 2.24) is 10.6 Å². The van der Waals surface area contributed by atoms with Crippen LogP contribution >= 0.6 is 0 Å². The Morgan fingerprint density at radius 1 is 0.871 bits per heavy atom. The van der Waals surface area contributed by atoms with Crippen LogP contribution in [0.4, 0.5) is 0 Å². The Morgan fingerprint density at radius 2 is 1.29 bits per heavy atom. The summed E-state index contributed by atoms with van der Waals surface area (Å²) in [7, 11) is 0. The van der Waals surface area contributed by atoms with Gasteiger partial charge in [-0.3, -0.25) is 14.4 Å². The maximum atomic E-state index is 13.1. The molecule has 0 rings (SSSR count). The summed E-state index contributed by atoms with van der Waals surface area (Å²) in [5, 5.41) is 15.0. The summed E-state index contributed by atoms with van der Waals surface area (Å²) < 4.78 is 0. The number of carboxylic acid groups (broad SMARTS) is 1. The topological polar surface area (TPSA) is 174 Å². The summed E-state index contributed by atoms with van der Waals surface area (Å²) in [6, 6.07) is -2.47. The van der Waals surface area contributed by atoms with Crippen molar-refractivity contribution in [3.8, 4) is 0 Å². The number of rotatable bonds is 11. The number of nitrogens with one attached hydrogen (secondary N) is 2. The van der Waals surface area contributed by atoms with Gasteiger partial charge in [-0.05, 0) is 45.4 Å². The average Bonchev–Trinajstić information content (AvgIpc) is 2.52. The van der Waals surface area contributed by atoms with Crippen LogP contribution in [0.25, 0.3) is 0 Å². The summed E-state index contributed by atoms with van der Waals surface area (Å²) in [6.07, 6.45) is 0.222. The number of hydrogen-bond donors (Lipinski definition) is 6. The minimum atomic E-state index is -1.12. The number of carbonyl (C=O) groups excluding carboxylic acids is 2. The van der Waals surface area contributed by atoms with Gasteiger partial charge in [0.2, 0.25) is 11.8 Å². The Bertz CT molecular complexity index is 646. The van der Waals surface area contributed by atoms with Crippen LogP contribution in [0.1, 0.15) is 75.7 Å². The second-order valence-electron chi connectivity index (χ2n) is 11.6. The fraction of sp³-hybridized carbons (Fsp3) is 0.864. The van der Waals surface area contributed by atoms with Gasteiger partial charge < -0.3 is 32.9 Å². The molecule has 1 unspecified atom stereocenters. The second kappa shape index (κ2) is 9.83. The summed E-state index contributed by atoms with van der Waals surface area (Å²) >= 11 is 0. The standard InChI is InChI=1S/C22H45N5O4/c1-12(2)13(15(28)27-17(21(7,8)24)22(9,10)25)26-18(31)20(5,6)11-19(3,4)14(23)16(29)30/h12-14,17H,11,23-25H2,1-10H3,(H,26,31)(H,27,28)(H,29,30)/t13?,14-/m1/s1. The van der Waals surface area contributed by atoms with Crippen LogP contribution in [0.5, 0.6) is 0 Å². The summed E-state index contributed by atoms with van der Waals surface area (Å²) in [6.45, 7) is 17.6. The summed E-state index contributed by atoms with van der Waals surface area (Å²) in [5.41, 5.74) is 14.9. The molecule has 0 bridgehead atoms. The van der Waals surface area contributed by atoms with Crippen LogP contribution in [0.3, 0.4) is 0 Å². The molecule has 0 fully saturated rings. The quantitative estimate of drug-likeness (QED) is 0.275. The molecule has 0 aromatic carbocycles. The molecule has 2 atom stereocenters. The zero-order valence-corrected chi connectivity index (χ0v) is 20.9. The van der Waals surface area contributed by atoms with E-state index in [1.807, 2.05) is 13.8 Å². The van der Waals surface area contributed by atoms with Crippen LogP contribution in [-0.4, -0.2) is 52.1 Å². The van der Waals surface area contributed by atoms with Crippen molar-refractivity contribution >= 4 is 17.8 Å². The van der Waals surface area contributed by atoms with E-state index in [0.29, 0.717) is 0 Å². The highest BCUT2D eigenvalue weighted by molar-refractivity contribution is 5.90. The monoisotopic (exact) mass is 443 g/mol. The number of carbonyl (C=O) groups is 3. The molecule has 0 aliphatic rings. The fourth-order valence-corrected chi connectivity index (χ4v) is 4.10. The summed E-state index contributed by atoms with van der Waals surface area (Å²) in [4.78, 5) is 37.5. The first-order chi connectivity index (χ1) is 13.5. The molecule has 0 aromatic rings. The molecule has 9 heteroatoms. The molecule has 2 amide bonds. The van der Waals surface area contributed by atoms with Gasteiger partial charge >= 0.3 is 5.97 Å². The SMILES string of the molecule is CC(C)C(NC(=O)C(C)(C)CC(C)(C)[C@H](N)C(=O)O)C(=O)NC(C(C)(C)N)C(C)(C)N. The fourth-order valence-electron chi connectivity index (χ4n) is 4.10. The predicted octanol–water partition coefficient (Wildman–Crippen LogP) is 0.941. The van der Waals surface area contributed by atoms with Crippen molar-refractivity contribution in [2.24, 2.45) is 33.9 Å². The van der Waals surface area contributed by atoms with E-state index in [0.717, 1.165) is 0 Å². The van der Waals surface area contributed by atoms with E-state index in [2.05, 4.69) is 10.6 Å². The number of amides is 2. The van der Waals surface area contributed by atoms with Gasteiger partial charge in [0.05, 0.1) is 6.04 Å². The molecule has 31 heavy (non-hydrogen) atoms. The molecule has 0 aliphatic carbocycles. The van der Waals surface area contributed by atoms with Gasteiger partial charge in [0.1, 0.15) is 12.1 Å². The third-order valence-corrected chi connectivity index (χ3v) is 5.63. The highest BCUT2D eigenvalue weighted by Crippen LogP contribution is 2.36. The van der Waals surface area contributed by atoms with Crippen molar-refractivity contribution in [2.45, 2.75) is 105 Å². The van der Waals surface area contributed by atoms with Crippen molar-refractivity contribution in [1.29, 1.82) is 0 Å². The molecular formula is C22H45N5O4. The van der Waals surface area contributed by atoms with E-state index < -0.39 is 46.0 Å². The van der Waals surface area contributed by atoms with Gasteiger partial charge in [-0.25, -0.2) is 0 Å². The first-order valence-electron chi connectivity index (χ1n) is 10.7. The van der Waals surface area contributed by atoms with E-state index in [4.69, 9.17) is 17.2 Å². The molecular weight excluding hydrogens is 398 g/mol. The first kappa shape index (κ1) is 29.3. The number of carboxylic acids is 1. The van der Waals surface area contributed by atoms with Crippen LogP contribution in [-0.2, 0) is 14.4 Å². The van der Waals surface area contributed by atoms with Crippen molar-refractivity contribution in [3.05, 3.63) is 0 Å². The molecule has 0 aliphatic heterocycles. The lowest BCUT2D eigenvalue weighted by Gasteiger charge is -2.42. The third-order valence-electron chi connectivity index (χ3n) is 5.63. The Hall–Kier alpha value is -1.71. The first-order valence-corrected chi connectivity index (χ1v) is 10.7. The van der Waals surface area contributed by atoms with Crippen LogP contribution < -0.4 is 27.8 Å². The van der Waals surface area contributed by atoms with Gasteiger partial charge in [0.15, 0.2) is 0 Å². The van der Waals surface area contributed by atoms with Crippen molar-refractivity contribution < 1.29 is 19.5 Å². The van der Waals surface area contributed by atoms with Gasteiger partial charge in [-0.15, -0.1) is 0 Å². The minimum Gasteiger partial charge on any atom is -0.480 e. The Balaban J connectivity index is 5.61. The number of aliphatic carboxylic acids is 1. The largest absolute Gasteiger partial charge is 0.480 e. The van der Waals surface area contributed by atoms with Gasteiger partial charge in [-0.1, -0.05) is 41.5 Å². The van der Waals surface area contributed by atoms with E-state index in [1.54, 1.807) is 55.4 Å². The second-order valence-corrected chi connectivity index (χ2v) is 11.6. The highest BCUT2D eigenvalue weighted by Gasteiger charge is 2.43. The lowest BCUT2D eigenvalue weighted by Crippen LogP contribution is -2.69. The van der Waals surface area contributed by atoms with Crippen molar-refractivity contribution in [3.63, 3.8) is 0 Å². The van der Waals surface area contributed by atoms with Gasteiger partial charge in [0, 0.05) is 16.5 Å². The number of nitrogens with two attached hydrogens (primary N) is 3. The molecule has 0 radical (unpaired) electrons. The zero-order valence-electron chi connectivity index (χ0n) is 20.9. The molecule has 0 saturated heterocycles. The lowest BCUT2D eigenvalue weighted by molar-refractivity contribution is -0.143. The molecule has 0 saturated carbocycles. The minimum absolute atomic E-state index is 0.198. The normalized spacial score (nSPS) is 15.6. The average molecular weight is 444 g/mol. The predicted molar refractivity (Wildman–Crippen MR) is 123 cm³/mol. The Morgan fingerprint density at radius 3 is 1.61 bits per heavy atom. The highest BCUT2D eigenvalue weighted by atomic mass is 16.4. The maximum Gasteiger partial charge on any atom is 0.321 e. The number of hydrogen-bond acceptors (Lipinski definition) is 6. The molecule has 182 valence electrons. The zero-order chi connectivity index (χ0) is 25.2. The summed E-state index contributed by atoms with van der Waals surface area (Å²) in [5.74, 6) is -2.05. The van der Waals surface area contributed by atoms with Crippen LogP contribution in [0, 0.1) is 16.7 Å². The molecule has 9 nitrogen and oxygen atoms in total. The molecule has 0 heterocycles. The lowest BCUT2D eigenvalue weighted by atomic mass is 9.70. The molecule has 0 spiro atoms. The van der Waals surface area contributed by atoms with Crippen LogP contribution in [0.2, 0.25) is 0 Å². The van der Waals surface area contributed by atoms with Crippen LogP contribution in [0.15, 0.2) is 0 Å². The van der Waals surface area contributed by atoms with E-state index in [-0.39, 0.29) is 24.2 Å². The Kier molecular flexibility index (Phi) is 9.29. The van der Waals surface area contributed by atoms with Crippen molar-refractivity contribution in [2.75, 3.05) is 0 Å². The molecule has 9 N–H and O–H groups in total. The third kappa shape index (κ3) is 8.38. The van der Waals surface area contributed by atoms with Gasteiger partial charge in [0.25, 0.3) is 0 Å².